The Morgan fingerprint density at radius 1 is 0.241 bits per heavy atom. The van der Waals surface area contributed by atoms with Crippen molar-refractivity contribution in [2.75, 3.05) is 13.2 Å². The summed E-state index contributed by atoms with van der Waals surface area (Å²) in [4.78, 5) is 38.4. The molecular formula is C77H116O6. The van der Waals surface area contributed by atoms with E-state index in [0.717, 1.165) is 193 Å². The number of rotatable bonds is 56. The molecular weight excluding hydrogens is 1020 g/mol. The first kappa shape index (κ1) is 77.0. The largest absolute Gasteiger partial charge is 0.462 e. The lowest BCUT2D eigenvalue weighted by atomic mass is 10.1. The summed E-state index contributed by atoms with van der Waals surface area (Å²) < 4.78 is 16.9. The van der Waals surface area contributed by atoms with Crippen LogP contribution in [0.25, 0.3) is 0 Å². The third kappa shape index (κ3) is 66.7. The Morgan fingerprint density at radius 3 is 0.699 bits per heavy atom. The maximum absolute atomic E-state index is 12.9. The van der Waals surface area contributed by atoms with Gasteiger partial charge in [0.25, 0.3) is 0 Å². The molecule has 6 heteroatoms. The quantitative estimate of drug-likeness (QED) is 0.0261. The molecule has 0 aliphatic heterocycles. The van der Waals surface area contributed by atoms with Crippen LogP contribution in [0, 0.1) is 0 Å². The molecule has 0 saturated carbocycles. The van der Waals surface area contributed by atoms with Gasteiger partial charge in [-0.3, -0.25) is 14.4 Å². The van der Waals surface area contributed by atoms with Gasteiger partial charge in [-0.15, -0.1) is 0 Å². The van der Waals surface area contributed by atoms with Crippen molar-refractivity contribution in [3.63, 3.8) is 0 Å². The highest BCUT2D eigenvalue weighted by atomic mass is 16.6. The Balaban J connectivity index is 4.57. The lowest BCUT2D eigenvalue weighted by Gasteiger charge is -2.18. The molecule has 0 fully saturated rings. The third-order valence-electron chi connectivity index (χ3n) is 12.8. The van der Waals surface area contributed by atoms with E-state index in [9.17, 15) is 14.4 Å². The molecule has 0 bridgehead atoms. The minimum atomic E-state index is -0.836. The number of hydrogen-bond acceptors (Lipinski definition) is 6. The van der Waals surface area contributed by atoms with Gasteiger partial charge in [0.05, 0.1) is 0 Å². The lowest BCUT2D eigenvalue weighted by molar-refractivity contribution is -0.167. The van der Waals surface area contributed by atoms with Crippen molar-refractivity contribution in [2.45, 2.75) is 245 Å². The fraction of sp³-hybridized carbons (Fsp3) is 0.519. The molecule has 0 saturated heterocycles. The van der Waals surface area contributed by atoms with Crippen molar-refractivity contribution in [1.29, 1.82) is 0 Å². The monoisotopic (exact) mass is 1140 g/mol. The summed E-state index contributed by atoms with van der Waals surface area (Å²) in [5.41, 5.74) is 0. The Hall–Kier alpha value is -6.01. The van der Waals surface area contributed by atoms with Crippen molar-refractivity contribution in [2.24, 2.45) is 0 Å². The number of esters is 3. The van der Waals surface area contributed by atoms with Gasteiger partial charge in [-0.25, -0.2) is 0 Å². The van der Waals surface area contributed by atoms with Crippen LogP contribution in [0.4, 0.5) is 0 Å². The normalized spacial score (nSPS) is 13.5. The minimum Gasteiger partial charge on any atom is -0.462 e. The predicted molar refractivity (Wildman–Crippen MR) is 361 cm³/mol. The summed E-state index contributed by atoms with van der Waals surface area (Å²) >= 11 is 0. The molecule has 0 radical (unpaired) electrons. The van der Waals surface area contributed by atoms with E-state index >= 15 is 0 Å². The van der Waals surface area contributed by atoms with E-state index in [2.05, 4.69) is 227 Å². The highest BCUT2D eigenvalue weighted by molar-refractivity contribution is 5.71. The van der Waals surface area contributed by atoms with Crippen LogP contribution < -0.4 is 0 Å². The van der Waals surface area contributed by atoms with Gasteiger partial charge < -0.3 is 14.2 Å². The summed E-state index contributed by atoms with van der Waals surface area (Å²) in [6, 6.07) is 0. The van der Waals surface area contributed by atoms with Gasteiger partial charge in [0.1, 0.15) is 13.2 Å². The Labute approximate surface area is 509 Å². The van der Waals surface area contributed by atoms with Gasteiger partial charge in [0.15, 0.2) is 6.10 Å². The van der Waals surface area contributed by atoms with Gasteiger partial charge >= 0.3 is 17.9 Å². The molecule has 0 aromatic rings. The zero-order valence-corrected chi connectivity index (χ0v) is 52.6. The number of ether oxygens (including phenoxy) is 3. The highest BCUT2D eigenvalue weighted by Crippen LogP contribution is 2.12. The van der Waals surface area contributed by atoms with E-state index in [1.165, 1.54) is 0 Å². The molecule has 0 rings (SSSR count). The molecule has 460 valence electrons. The predicted octanol–water partition coefficient (Wildman–Crippen LogP) is 22.8. The van der Waals surface area contributed by atoms with Gasteiger partial charge in [-0.05, 0) is 167 Å². The molecule has 0 amide bonds. The van der Waals surface area contributed by atoms with Gasteiger partial charge in [0.2, 0.25) is 0 Å². The van der Waals surface area contributed by atoms with Gasteiger partial charge in [-0.2, -0.15) is 0 Å². The minimum absolute atomic E-state index is 0.126. The molecule has 6 nitrogen and oxygen atoms in total. The second kappa shape index (κ2) is 68.5. The molecule has 0 N–H and O–H groups in total. The topological polar surface area (TPSA) is 78.9 Å². The summed E-state index contributed by atoms with van der Waals surface area (Å²) in [6.07, 6.45) is 105. The van der Waals surface area contributed by atoms with Crippen molar-refractivity contribution in [1.82, 2.24) is 0 Å². The van der Waals surface area contributed by atoms with Crippen molar-refractivity contribution >= 4 is 17.9 Å². The number of hydrogen-bond donors (Lipinski definition) is 0. The maximum atomic E-state index is 12.9. The van der Waals surface area contributed by atoms with E-state index in [1.807, 2.05) is 0 Å². The van der Waals surface area contributed by atoms with Crippen LogP contribution in [0.5, 0.6) is 0 Å². The third-order valence-corrected chi connectivity index (χ3v) is 12.8. The van der Waals surface area contributed by atoms with E-state index in [1.54, 1.807) is 0 Å². The Kier molecular flexibility index (Phi) is 63.5. The molecule has 0 aliphatic rings. The molecule has 0 aromatic carbocycles. The number of carbonyl (C=O) groups is 3. The number of unbranched alkanes of at least 4 members (excludes halogenated alkanes) is 11. The van der Waals surface area contributed by atoms with E-state index in [4.69, 9.17) is 14.2 Å². The molecule has 1 unspecified atom stereocenters. The fourth-order valence-electron chi connectivity index (χ4n) is 8.00. The van der Waals surface area contributed by atoms with Crippen LogP contribution >= 0.6 is 0 Å². The van der Waals surface area contributed by atoms with Gasteiger partial charge in [0, 0.05) is 19.3 Å². The molecule has 0 spiro atoms. The fourth-order valence-corrected chi connectivity index (χ4v) is 8.00. The lowest BCUT2D eigenvalue weighted by Crippen LogP contribution is -2.30. The van der Waals surface area contributed by atoms with Crippen LogP contribution in [0.2, 0.25) is 0 Å². The maximum Gasteiger partial charge on any atom is 0.306 e. The average molecular weight is 1140 g/mol. The van der Waals surface area contributed by atoms with Crippen LogP contribution in [-0.2, 0) is 28.6 Å². The second-order valence-corrected chi connectivity index (χ2v) is 20.5. The molecule has 1 atom stereocenters. The molecule has 83 heavy (non-hydrogen) atoms. The molecule has 0 aromatic heterocycles. The van der Waals surface area contributed by atoms with E-state index in [-0.39, 0.29) is 37.5 Å². The first-order valence-electron chi connectivity index (χ1n) is 32.6. The van der Waals surface area contributed by atoms with E-state index in [0.29, 0.717) is 19.3 Å². The Bertz CT molecular complexity index is 2030. The smallest absolute Gasteiger partial charge is 0.306 e. The van der Waals surface area contributed by atoms with Crippen LogP contribution in [0.15, 0.2) is 207 Å². The first-order valence-corrected chi connectivity index (χ1v) is 32.6. The standard InChI is InChI=1S/C77H116O6/c1-4-7-10-13-16-19-22-25-28-31-33-35-36-37-38-39-40-42-43-46-49-52-55-58-61-64-67-70-76(79)82-73-74(72-81-75(78)69-66-63-60-57-54-51-48-45-30-27-24-21-18-15-12-9-6-3)83-77(80)71-68-65-62-59-56-53-50-47-44-41-34-32-29-26-23-20-17-14-11-8-5-2/h7-12,16-21,25-30,33-35,37-38,40-42,46-51,56,59,74H,4-6,13-15,22-24,31-32,36,39,43-45,52-55,57-58,60-73H2,1-3H3/b10-7-,11-8-,12-9-,19-16-,20-17-,21-18-,28-25-,29-26-,30-27-,35-33-,38-37-,41-34-,42-40-,49-46-,50-47-,51-48-,59-56-. The second-order valence-electron chi connectivity index (χ2n) is 20.5. The average Bonchev–Trinajstić information content (AvgIpc) is 3.49. The molecule has 0 aliphatic carbocycles. The van der Waals surface area contributed by atoms with Crippen molar-refractivity contribution in [3.8, 4) is 0 Å². The highest BCUT2D eigenvalue weighted by Gasteiger charge is 2.19. The van der Waals surface area contributed by atoms with Gasteiger partial charge in [-0.1, -0.05) is 259 Å². The van der Waals surface area contributed by atoms with Crippen LogP contribution in [0.3, 0.4) is 0 Å². The summed E-state index contributed by atoms with van der Waals surface area (Å²) in [7, 11) is 0. The number of carbonyl (C=O) groups excluding carboxylic acids is 3. The van der Waals surface area contributed by atoms with Crippen LogP contribution in [-0.4, -0.2) is 37.2 Å². The number of allylic oxidation sites excluding steroid dienone is 34. The summed E-state index contributed by atoms with van der Waals surface area (Å²) in [6.45, 7) is 6.21. The van der Waals surface area contributed by atoms with Crippen molar-refractivity contribution in [3.05, 3.63) is 207 Å². The summed E-state index contributed by atoms with van der Waals surface area (Å²) in [5.74, 6) is -1.02. The van der Waals surface area contributed by atoms with Crippen LogP contribution in [0.1, 0.15) is 239 Å². The SMILES string of the molecule is CC/C=C\C/C=C\C/C=C\C/C=C\C/C=C\C/C=C\C/C=C\CCCCCCCC(=O)OCC(COC(=O)CCCCCC/C=C\C/C=C\C/C=C\C/C=C\CC)OC(=O)CCCC/C=C\C/C=C\C/C=C\C/C=C\C/C=C\C/C=C\CC. The zero-order valence-electron chi connectivity index (χ0n) is 52.6. The summed E-state index contributed by atoms with van der Waals surface area (Å²) in [5, 5.41) is 0. The first-order chi connectivity index (χ1) is 41.0. The van der Waals surface area contributed by atoms with Crippen molar-refractivity contribution < 1.29 is 28.6 Å². The molecule has 0 heterocycles. The Morgan fingerprint density at radius 2 is 0.434 bits per heavy atom. The van der Waals surface area contributed by atoms with E-state index < -0.39 is 6.10 Å². The zero-order chi connectivity index (χ0) is 59.9.